The molecular weight excluding hydrogens is 525 g/mol. The van der Waals surface area contributed by atoms with Crippen molar-refractivity contribution in [3.63, 3.8) is 0 Å². The standard InChI is InChI=1S/C30H30FN7OS/c31-26-8-2-1-7-25(26)30(13-14-30)28(32)34-18-20-9-11-21(12-10-20)24-19-35-29-37-22-5-3-6-23(17-22)40(39)36-16-4-15-33-27(24)38-29/h1-3,5-12,17,19,36H,4,13-16,18H2,(H2,32,34)(H2,33,35,37,38). The predicted molar refractivity (Wildman–Crippen MR) is 157 cm³/mol. The van der Waals surface area contributed by atoms with Crippen molar-refractivity contribution in [2.75, 3.05) is 23.7 Å². The van der Waals surface area contributed by atoms with Gasteiger partial charge in [0.1, 0.15) is 28.5 Å². The average Bonchev–Trinajstić information content (AvgIpc) is 3.78. The molecule has 10 heteroatoms. The third kappa shape index (κ3) is 5.45. The van der Waals surface area contributed by atoms with Crippen LogP contribution in [0.3, 0.4) is 0 Å². The Morgan fingerprint density at radius 1 is 1.05 bits per heavy atom. The topological polar surface area (TPSA) is 117 Å². The van der Waals surface area contributed by atoms with Crippen LogP contribution in [0.15, 0.2) is 88.9 Å². The Labute approximate surface area is 235 Å². The highest BCUT2D eigenvalue weighted by atomic mass is 32.2. The van der Waals surface area contributed by atoms with Gasteiger partial charge in [0, 0.05) is 36.1 Å². The van der Waals surface area contributed by atoms with E-state index in [1.807, 2.05) is 54.6 Å². The van der Waals surface area contributed by atoms with Crippen LogP contribution in [0.2, 0.25) is 0 Å². The minimum absolute atomic E-state index is 0.233. The smallest absolute Gasteiger partial charge is 0.229 e. The van der Waals surface area contributed by atoms with E-state index in [1.54, 1.807) is 18.3 Å². The number of nitrogens with zero attached hydrogens (tertiary/aromatic N) is 3. The molecule has 0 spiro atoms. The molecule has 3 aromatic carbocycles. The molecule has 0 radical (unpaired) electrons. The van der Waals surface area contributed by atoms with Gasteiger partial charge in [-0.25, -0.2) is 18.3 Å². The third-order valence-corrected chi connectivity index (χ3v) is 8.45. The fourth-order valence-electron chi connectivity index (χ4n) is 4.90. The second-order valence-electron chi connectivity index (χ2n) is 10.0. The zero-order valence-electron chi connectivity index (χ0n) is 21.9. The Morgan fingerprint density at radius 2 is 1.88 bits per heavy atom. The highest BCUT2D eigenvalue weighted by Gasteiger charge is 2.49. The summed E-state index contributed by atoms with van der Waals surface area (Å²) in [5, 5.41) is 6.63. The number of hydrogen-bond donors (Lipinski definition) is 4. The van der Waals surface area contributed by atoms with Crippen molar-refractivity contribution in [3.05, 3.63) is 95.9 Å². The lowest BCUT2D eigenvalue weighted by Crippen LogP contribution is -2.30. The van der Waals surface area contributed by atoms with Gasteiger partial charge in [0.15, 0.2) is 0 Å². The number of benzene rings is 3. The molecular formula is C30H30FN7OS. The number of anilines is 3. The molecule has 1 atom stereocenters. The van der Waals surface area contributed by atoms with Crippen molar-refractivity contribution in [2.24, 2.45) is 10.7 Å². The summed E-state index contributed by atoms with van der Waals surface area (Å²) in [7, 11) is -1.29. The van der Waals surface area contributed by atoms with Crippen LogP contribution in [0.1, 0.15) is 30.4 Å². The number of amidine groups is 1. The quantitative estimate of drug-likeness (QED) is 0.202. The molecule has 1 unspecified atom stereocenters. The molecule has 5 N–H and O–H groups in total. The maximum atomic E-state index is 14.4. The van der Waals surface area contributed by atoms with Crippen LogP contribution in [0.25, 0.3) is 11.1 Å². The van der Waals surface area contributed by atoms with Crippen LogP contribution in [0.4, 0.5) is 21.8 Å². The largest absolute Gasteiger partial charge is 0.387 e. The number of aliphatic imine (C=N–C) groups is 1. The van der Waals surface area contributed by atoms with Crippen molar-refractivity contribution in [1.29, 1.82) is 0 Å². The summed E-state index contributed by atoms with van der Waals surface area (Å²) >= 11 is 0. The maximum Gasteiger partial charge on any atom is 0.229 e. The Balaban J connectivity index is 1.21. The first kappa shape index (κ1) is 26.1. The summed E-state index contributed by atoms with van der Waals surface area (Å²) in [6.07, 6.45) is 4.18. The van der Waals surface area contributed by atoms with Gasteiger partial charge in [-0.05, 0) is 54.7 Å². The van der Waals surface area contributed by atoms with Crippen molar-refractivity contribution in [2.45, 2.75) is 36.1 Å². The molecule has 4 bridgehead atoms. The van der Waals surface area contributed by atoms with Gasteiger partial charge in [-0.3, -0.25) is 4.99 Å². The minimum atomic E-state index is -1.29. The summed E-state index contributed by atoms with van der Waals surface area (Å²) in [6, 6.07) is 22.3. The van der Waals surface area contributed by atoms with Crippen LogP contribution in [0.5, 0.6) is 0 Å². The lowest BCUT2D eigenvalue weighted by molar-refractivity contribution is 0.601. The lowest BCUT2D eigenvalue weighted by Gasteiger charge is -2.16. The number of nitrogens with two attached hydrogens (primary N) is 1. The van der Waals surface area contributed by atoms with Crippen LogP contribution >= 0.6 is 0 Å². The molecule has 2 aliphatic rings. The molecule has 0 saturated heterocycles. The predicted octanol–water partition coefficient (Wildman–Crippen LogP) is 5.04. The van der Waals surface area contributed by atoms with Crippen molar-refractivity contribution < 1.29 is 8.60 Å². The van der Waals surface area contributed by atoms with Gasteiger partial charge in [0.05, 0.1) is 16.9 Å². The van der Waals surface area contributed by atoms with Crippen LogP contribution < -0.4 is 21.1 Å². The first-order valence-corrected chi connectivity index (χ1v) is 14.4. The number of hydrogen-bond acceptors (Lipinski definition) is 6. The molecule has 1 saturated carbocycles. The summed E-state index contributed by atoms with van der Waals surface area (Å²) in [5.74, 6) is 1.41. The van der Waals surface area contributed by atoms with E-state index in [4.69, 9.17) is 10.7 Å². The molecule has 1 aliphatic heterocycles. The number of nitrogens with one attached hydrogen (secondary N) is 3. The fourth-order valence-corrected chi connectivity index (χ4v) is 5.84. The van der Waals surface area contributed by atoms with Crippen molar-refractivity contribution in [1.82, 2.24) is 14.7 Å². The average molecular weight is 556 g/mol. The molecule has 6 rings (SSSR count). The van der Waals surface area contributed by atoms with Gasteiger partial charge in [-0.2, -0.15) is 4.98 Å². The molecule has 204 valence electrons. The second kappa shape index (κ2) is 11.1. The highest BCUT2D eigenvalue weighted by Crippen LogP contribution is 2.49. The Bertz CT molecular complexity index is 1590. The van der Waals surface area contributed by atoms with Crippen LogP contribution in [-0.2, 0) is 22.9 Å². The first-order chi connectivity index (χ1) is 19.5. The van der Waals surface area contributed by atoms with E-state index in [0.717, 1.165) is 41.6 Å². The van der Waals surface area contributed by atoms with Gasteiger partial charge in [-0.15, -0.1) is 0 Å². The van der Waals surface area contributed by atoms with E-state index in [9.17, 15) is 8.60 Å². The Hall–Kier alpha value is -4.15. The van der Waals surface area contributed by atoms with Crippen LogP contribution in [0, 0.1) is 5.82 Å². The minimum Gasteiger partial charge on any atom is -0.387 e. The Kier molecular flexibility index (Phi) is 7.27. The molecule has 40 heavy (non-hydrogen) atoms. The summed E-state index contributed by atoms with van der Waals surface area (Å²) in [6.45, 7) is 1.67. The van der Waals surface area contributed by atoms with E-state index >= 15 is 0 Å². The van der Waals surface area contributed by atoms with Crippen LogP contribution in [-0.4, -0.2) is 33.1 Å². The molecule has 4 aromatic rings. The van der Waals surface area contributed by atoms with E-state index in [-0.39, 0.29) is 5.82 Å². The van der Waals surface area contributed by atoms with Gasteiger partial charge in [0.2, 0.25) is 5.95 Å². The van der Waals surface area contributed by atoms with Gasteiger partial charge in [0.25, 0.3) is 0 Å². The third-order valence-electron chi connectivity index (χ3n) is 7.30. The van der Waals surface area contributed by atoms with E-state index in [2.05, 4.69) is 25.3 Å². The lowest BCUT2D eigenvalue weighted by atomic mass is 9.94. The zero-order valence-corrected chi connectivity index (χ0v) is 22.7. The van der Waals surface area contributed by atoms with Gasteiger partial charge < -0.3 is 16.4 Å². The van der Waals surface area contributed by atoms with Crippen molar-refractivity contribution >= 4 is 34.3 Å². The molecule has 1 aliphatic carbocycles. The number of rotatable bonds is 5. The highest BCUT2D eigenvalue weighted by molar-refractivity contribution is 7.83. The first-order valence-electron chi connectivity index (χ1n) is 13.3. The number of halogens is 1. The van der Waals surface area contributed by atoms with Crippen molar-refractivity contribution in [3.8, 4) is 11.1 Å². The summed E-state index contributed by atoms with van der Waals surface area (Å²) < 4.78 is 30.0. The maximum absolute atomic E-state index is 14.4. The summed E-state index contributed by atoms with van der Waals surface area (Å²) in [4.78, 5) is 14.6. The second-order valence-corrected chi connectivity index (χ2v) is 11.3. The molecule has 1 fully saturated rings. The summed E-state index contributed by atoms with van der Waals surface area (Å²) in [5.41, 5.74) is 10.1. The number of fused-ring (bicyclic) bond motifs is 4. The van der Waals surface area contributed by atoms with E-state index in [0.29, 0.717) is 47.7 Å². The molecule has 2 heterocycles. The SMILES string of the molecule is NC(=NCc1ccc(-c2cnc3nc2NCCCNS(=O)c2cccc(c2)N3)cc1)C1(c2ccccc2F)CC1. The van der Waals surface area contributed by atoms with E-state index in [1.165, 1.54) is 6.07 Å². The number of aromatic nitrogens is 2. The monoisotopic (exact) mass is 555 g/mol. The van der Waals surface area contributed by atoms with Gasteiger partial charge >= 0.3 is 0 Å². The molecule has 0 amide bonds. The zero-order chi connectivity index (χ0) is 27.5. The van der Waals surface area contributed by atoms with Gasteiger partial charge in [-0.1, -0.05) is 48.5 Å². The van der Waals surface area contributed by atoms with E-state index < -0.39 is 16.4 Å². The molecule has 1 aromatic heterocycles. The fraction of sp³-hybridized carbons (Fsp3) is 0.233. The molecule has 8 nitrogen and oxygen atoms in total. The Morgan fingerprint density at radius 3 is 2.67 bits per heavy atom. The normalized spacial score (nSPS) is 18.3.